The first-order valence-corrected chi connectivity index (χ1v) is 12.0. The number of carbonyl (C=O) groups is 1. The highest BCUT2D eigenvalue weighted by Gasteiger charge is 2.32. The van der Waals surface area contributed by atoms with Crippen molar-refractivity contribution < 1.29 is 26.7 Å². The summed E-state index contributed by atoms with van der Waals surface area (Å²) < 4.78 is 62.8. The third-order valence-corrected chi connectivity index (χ3v) is 6.69. The van der Waals surface area contributed by atoms with Crippen molar-refractivity contribution in [3.05, 3.63) is 92.7 Å². The SMILES string of the molecule is Cc1cc(C(=O)NCc2ccc(C(F)(F)F)nc2)ccc1N(CCc1cccc(Cl)c1Cl)S(=O)[O-]. The number of nitrogens with zero attached hydrogens (tertiary/aromatic N) is 2. The van der Waals surface area contributed by atoms with Gasteiger partial charge < -0.3 is 14.2 Å². The van der Waals surface area contributed by atoms with E-state index >= 15 is 0 Å². The molecule has 0 fully saturated rings. The van der Waals surface area contributed by atoms with Gasteiger partial charge in [-0.1, -0.05) is 41.4 Å². The number of alkyl halides is 3. The van der Waals surface area contributed by atoms with Crippen LogP contribution in [0.5, 0.6) is 0 Å². The van der Waals surface area contributed by atoms with Crippen LogP contribution in [0.25, 0.3) is 0 Å². The summed E-state index contributed by atoms with van der Waals surface area (Å²) in [6.07, 6.45) is -3.18. The van der Waals surface area contributed by atoms with Crippen LogP contribution < -0.4 is 9.62 Å². The van der Waals surface area contributed by atoms with Crippen LogP contribution in [-0.4, -0.2) is 26.2 Å². The van der Waals surface area contributed by atoms with Gasteiger partial charge in [-0.3, -0.25) is 14.0 Å². The molecule has 3 aromatic rings. The lowest BCUT2D eigenvalue weighted by Gasteiger charge is -2.28. The number of halogens is 5. The van der Waals surface area contributed by atoms with Crippen LogP contribution in [0, 0.1) is 6.92 Å². The maximum Gasteiger partial charge on any atom is 0.433 e. The minimum atomic E-state index is -4.54. The second kappa shape index (κ2) is 11.4. The van der Waals surface area contributed by atoms with Gasteiger partial charge in [0.2, 0.25) is 0 Å². The number of aryl methyl sites for hydroxylation is 1. The van der Waals surface area contributed by atoms with Crippen molar-refractivity contribution in [1.82, 2.24) is 10.3 Å². The predicted molar refractivity (Wildman–Crippen MR) is 128 cm³/mol. The molecule has 6 nitrogen and oxygen atoms in total. The molecule has 12 heteroatoms. The first kappa shape index (κ1) is 26.9. The number of aromatic nitrogens is 1. The summed E-state index contributed by atoms with van der Waals surface area (Å²) in [4.78, 5) is 15.9. The third-order valence-electron chi connectivity index (χ3n) is 5.09. The average molecular weight is 545 g/mol. The molecule has 0 saturated carbocycles. The summed E-state index contributed by atoms with van der Waals surface area (Å²) in [5.74, 6) is -0.472. The van der Waals surface area contributed by atoms with Crippen LogP contribution in [0.3, 0.4) is 0 Å². The first-order valence-electron chi connectivity index (χ1n) is 10.2. The van der Waals surface area contributed by atoms with E-state index in [2.05, 4.69) is 10.3 Å². The Morgan fingerprint density at radius 2 is 1.91 bits per heavy atom. The van der Waals surface area contributed by atoms with Gasteiger partial charge in [0.1, 0.15) is 5.69 Å². The highest BCUT2D eigenvalue weighted by molar-refractivity contribution is 7.80. The monoisotopic (exact) mass is 544 g/mol. The molecule has 1 amide bonds. The van der Waals surface area contributed by atoms with Crippen LogP contribution in [0.4, 0.5) is 18.9 Å². The van der Waals surface area contributed by atoms with Crippen LogP contribution >= 0.6 is 23.2 Å². The molecule has 1 aromatic heterocycles. The minimum absolute atomic E-state index is 0.0259. The summed E-state index contributed by atoms with van der Waals surface area (Å²) in [5.41, 5.74) is 1.26. The number of anilines is 1. The number of pyridine rings is 1. The molecule has 0 aliphatic carbocycles. The fourth-order valence-corrected chi connectivity index (χ4v) is 4.32. The van der Waals surface area contributed by atoms with Crippen LogP contribution in [0.1, 0.15) is 32.7 Å². The van der Waals surface area contributed by atoms with E-state index in [1.165, 1.54) is 24.3 Å². The Morgan fingerprint density at radius 3 is 2.51 bits per heavy atom. The molecule has 1 heterocycles. The lowest BCUT2D eigenvalue weighted by atomic mass is 10.1. The van der Waals surface area contributed by atoms with Crippen molar-refractivity contribution in [1.29, 1.82) is 0 Å². The molecule has 1 unspecified atom stereocenters. The molecule has 0 aliphatic rings. The van der Waals surface area contributed by atoms with E-state index in [9.17, 15) is 26.7 Å². The molecule has 0 bridgehead atoms. The van der Waals surface area contributed by atoms with Crippen molar-refractivity contribution in [3.63, 3.8) is 0 Å². The molecule has 0 saturated heterocycles. The van der Waals surface area contributed by atoms with Crippen molar-refractivity contribution in [2.45, 2.75) is 26.1 Å². The fraction of sp³-hybridized carbons (Fsp3) is 0.217. The second-order valence-electron chi connectivity index (χ2n) is 7.52. The van der Waals surface area contributed by atoms with E-state index in [1.807, 2.05) is 0 Å². The topological polar surface area (TPSA) is 85.4 Å². The van der Waals surface area contributed by atoms with Crippen LogP contribution in [0.15, 0.2) is 54.7 Å². The van der Waals surface area contributed by atoms with Gasteiger partial charge in [-0.05, 0) is 60.4 Å². The van der Waals surface area contributed by atoms with Crippen molar-refractivity contribution in [3.8, 4) is 0 Å². The maximum atomic E-state index is 12.6. The third kappa shape index (κ3) is 6.94. The minimum Gasteiger partial charge on any atom is -0.755 e. The van der Waals surface area contributed by atoms with Gasteiger partial charge in [-0.2, -0.15) is 13.2 Å². The average Bonchev–Trinajstić information content (AvgIpc) is 2.80. The molecule has 3 rings (SSSR count). The van der Waals surface area contributed by atoms with Crippen LogP contribution in [-0.2, 0) is 30.4 Å². The maximum absolute atomic E-state index is 12.6. The van der Waals surface area contributed by atoms with Crippen LogP contribution in [0.2, 0.25) is 10.0 Å². The van der Waals surface area contributed by atoms with E-state index in [0.29, 0.717) is 38.8 Å². The summed E-state index contributed by atoms with van der Waals surface area (Å²) in [5, 5.41) is 3.34. The number of carbonyl (C=O) groups excluding carboxylic acids is 1. The summed E-state index contributed by atoms with van der Waals surface area (Å²) >= 11 is 9.62. The standard InChI is InChI=1S/C23H20Cl2F3N3O3S/c1-14-11-17(22(32)30-13-15-5-8-20(29-12-15)23(26,27)28)6-7-19(14)31(35(33)34)10-9-16-3-2-4-18(24)21(16)25/h2-8,11-12H,9-10,13H2,1H3,(H,30,32)(H,33,34)/p-1. The number of amides is 1. The van der Waals surface area contributed by atoms with Gasteiger partial charge in [-0.25, -0.2) is 0 Å². The molecule has 0 aliphatic heterocycles. The molecule has 1 atom stereocenters. The Balaban J connectivity index is 1.68. The molecular formula is C23H19Cl2F3N3O3S-. The Hall–Kier alpha value is -2.66. The molecule has 0 radical (unpaired) electrons. The number of hydrogen-bond donors (Lipinski definition) is 1. The van der Waals surface area contributed by atoms with Crippen molar-refractivity contribution >= 4 is 46.1 Å². The van der Waals surface area contributed by atoms with Gasteiger partial charge in [0.05, 0.1) is 15.7 Å². The van der Waals surface area contributed by atoms with Gasteiger partial charge >= 0.3 is 6.18 Å². The van der Waals surface area contributed by atoms with Crippen molar-refractivity contribution in [2.75, 3.05) is 10.8 Å². The Kier molecular flexibility index (Phi) is 8.76. The fourth-order valence-electron chi connectivity index (χ4n) is 3.30. The van der Waals surface area contributed by atoms with Gasteiger partial charge in [0.15, 0.2) is 0 Å². The van der Waals surface area contributed by atoms with E-state index in [0.717, 1.165) is 16.6 Å². The number of hydrogen-bond acceptors (Lipinski definition) is 4. The zero-order valence-corrected chi connectivity index (χ0v) is 20.6. The Morgan fingerprint density at radius 1 is 1.17 bits per heavy atom. The van der Waals surface area contributed by atoms with E-state index < -0.39 is 29.0 Å². The highest BCUT2D eigenvalue weighted by Crippen LogP contribution is 2.28. The normalized spacial score (nSPS) is 12.3. The van der Waals surface area contributed by atoms with E-state index in [4.69, 9.17) is 23.2 Å². The van der Waals surface area contributed by atoms with Crippen molar-refractivity contribution in [2.24, 2.45) is 0 Å². The lowest BCUT2D eigenvalue weighted by molar-refractivity contribution is -0.141. The molecule has 2 aromatic carbocycles. The smallest absolute Gasteiger partial charge is 0.433 e. The first-order chi connectivity index (χ1) is 16.5. The summed E-state index contributed by atoms with van der Waals surface area (Å²) in [6.45, 7) is 1.74. The number of benzene rings is 2. The van der Waals surface area contributed by atoms with Gasteiger partial charge in [0.25, 0.3) is 5.91 Å². The summed E-state index contributed by atoms with van der Waals surface area (Å²) in [7, 11) is 0. The van der Waals surface area contributed by atoms with Gasteiger partial charge in [0, 0.05) is 36.1 Å². The highest BCUT2D eigenvalue weighted by atomic mass is 35.5. The Bertz CT molecular complexity index is 1240. The molecular weight excluding hydrogens is 526 g/mol. The second-order valence-corrected chi connectivity index (χ2v) is 9.18. The molecule has 35 heavy (non-hydrogen) atoms. The molecule has 186 valence electrons. The zero-order valence-electron chi connectivity index (χ0n) is 18.2. The lowest BCUT2D eigenvalue weighted by Crippen LogP contribution is -2.29. The number of nitrogens with one attached hydrogen (secondary N) is 1. The Labute approximate surface area is 212 Å². The quantitative estimate of drug-likeness (QED) is 0.380. The van der Waals surface area contributed by atoms with E-state index in [1.54, 1.807) is 25.1 Å². The molecule has 0 spiro atoms. The van der Waals surface area contributed by atoms with Gasteiger partial charge in [-0.15, -0.1) is 0 Å². The predicted octanol–water partition coefficient (Wildman–Crippen LogP) is 5.49. The molecule has 1 N–H and O–H groups in total. The van der Waals surface area contributed by atoms with E-state index in [-0.39, 0.29) is 18.7 Å². The largest absolute Gasteiger partial charge is 0.755 e. The summed E-state index contributed by atoms with van der Waals surface area (Å²) in [6, 6.07) is 11.7. The number of rotatable bonds is 8. The zero-order chi connectivity index (χ0) is 25.8.